The van der Waals surface area contributed by atoms with Gasteiger partial charge in [0, 0.05) is 0 Å². The summed E-state index contributed by atoms with van der Waals surface area (Å²) in [4.78, 5) is 0. The van der Waals surface area contributed by atoms with Crippen molar-refractivity contribution in [3.63, 3.8) is 0 Å². The Balaban J connectivity index is 1.83. The molecule has 2 rings (SSSR count). The number of para-hydroxylation sites is 2. The van der Waals surface area contributed by atoms with Crippen molar-refractivity contribution in [1.29, 1.82) is 0 Å². The molecule has 20 heavy (non-hydrogen) atoms. The van der Waals surface area contributed by atoms with Crippen LogP contribution in [0, 0.1) is 12.7 Å². The van der Waals surface area contributed by atoms with Gasteiger partial charge in [0.2, 0.25) is 0 Å². The van der Waals surface area contributed by atoms with Gasteiger partial charge in [0.25, 0.3) is 0 Å². The molecule has 2 aromatic carbocycles. The third kappa shape index (κ3) is 3.63. The molecule has 3 nitrogen and oxygen atoms in total. The normalized spacial score (nSPS) is 10.2. The predicted molar refractivity (Wildman–Crippen MR) is 75.1 cm³/mol. The van der Waals surface area contributed by atoms with Crippen LogP contribution in [0.2, 0.25) is 0 Å². The van der Waals surface area contributed by atoms with Gasteiger partial charge in [-0.2, -0.15) is 0 Å². The Morgan fingerprint density at radius 2 is 1.65 bits per heavy atom. The molecule has 0 N–H and O–H groups in total. The third-order valence-electron chi connectivity index (χ3n) is 2.81. The van der Waals surface area contributed by atoms with E-state index in [4.69, 9.17) is 14.2 Å². The van der Waals surface area contributed by atoms with E-state index in [0.717, 1.165) is 0 Å². The van der Waals surface area contributed by atoms with Gasteiger partial charge in [0.05, 0.1) is 7.11 Å². The van der Waals surface area contributed by atoms with Gasteiger partial charge in [-0.3, -0.25) is 0 Å². The first kappa shape index (κ1) is 14.2. The molecule has 0 aliphatic rings. The van der Waals surface area contributed by atoms with Crippen molar-refractivity contribution in [3.05, 3.63) is 53.8 Å². The molecule has 0 atom stereocenters. The Hall–Kier alpha value is -2.23. The highest BCUT2D eigenvalue weighted by Crippen LogP contribution is 2.25. The van der Waals surface area contributed by atoms with E-state index in [2.05, 4.69) is 0 Å². The number of hydrogen-bond donors (Lipinski definition) is 0. The van der Waals surface area contributed by atoms with Gasteiger partial charge in [-0.25, -0.2) is 4.39 Å². The van der Waals surface area contributed by atoms with Crippen molar-refractivity contribution < 1.29 is 18.6 Å². The van der Waals surface area contributed by atoms with E-state index in [-0.39, 0.29) is 5.82 Å². The highest BCUT2D eigenvalue weighted by molar-refractivity contribution is 5.39. The molecule has 0 radical (unpaired) electrons. The van der Waals surface area contributed by atoms with Gasteiger partial charge in [-0.1, -0.05) is 12.1 Å². The molecule has 4 heteroatoms. The Labute approximate surface area is 117 Å². The van der Waals surface area contributed by atoms with Crippen molar-refractivity contribution in [2.45, 2.75) is 6.92 Å². The Morgan fingerprint density at radius 3 is 2.35 bits per heavy atom. The van der Waals surface area contributed by atoms with E-state index in [1.165, 1.54) is 6.07 Å². The summed E-state index contributed by atoms with van der Waals surface area (Å²) in [7, 11) is 1.60. The number of ether oxygens (including phenoxy) is 3. The molecular formula is C16H17FO3. The maximum absolute atomic E-state index is 13.1. The van der Waals surface area contributed by atoms with Crippen LogP contribution in [0.15, 0.2) is 42.5 Å². The van der Waals surface area contributed by atoms with Crippen LogP contribution in [0.4, 0.5) is 4.39 Å². The van der Waals surface area contributed by atoms with Crippen LogP contribution >= 0.6 is 0 Å². The largest absolute Gasteiger partial charge is 0.493 e. The van der Waals surface area contributed by atoms with Gasteiger partial charge in [-0.05, 0) is 42.8 Å². The molecular weight excluding hydrogens is 259 g/mol. The van der Waals surface area contributed by atoms with Crippen LogP contribution in [-0.4, -0.2) is 20.3 Å². The highest BCUT2D eigenvalue weighted by atomic mass is 19.1. The summed E-state index contributed by atoms with van der Waals surface area (Å²) in [6, 6.07) is 12.1. The van der Waals surface area contributed by atoms with Crippen LogP contribution in [-0.2, 0) is 0 Å². The maximum atomic E-state index is 13.1. The Kier molecular flexibility index (Phi) is 4.82. The van der Waals surface area contributed by atoms with Crippen molar-refractivity contribution in [2.24, 2.45) is 0 Å². The molecule has 2 aromatic rings. The van der Waals surface area contributed by atoms with E-state index in [1.54, 1.807) is 26.2 Å². The number of aryl methyl sites for hydroxylation is 1. The van der Waals surface area contributed by atoms with Crippen LogP contribution in [0.5, 0.6) is 17.2 Å². The fraction of sp³-hybridized carbons (Fsp3) is 0.250. The van der Waals surface area contributed by atoms with Gasteiger partial charge in [-0.15, -0.1) is 0 Å². The number of hydrogen-bond acceptors (Lipinski definition) is 3. The lowest BCUT2D eigenvalue weighted by molar-refractivity contribution is 0.211. The number of rotatable bonds is 6. The molecule has 0 aliphatic heterocycles. The molecule has 0 spiro atoms. The maximum Gasteiger partial charge on any atom is 0.161 e. The lowest BCUT2D eigenvalue weighted by atomic mass is 10.2. The summed E-state index contributed by atoms with van der Waals surface area (Å²) in [6.45, 7) is 2.47. The zero-order chi connectivity index (χ0) is 14.4. The van der Waals surface area contributed by atoms with Crippen molar-refractivity contribution >= 4 is 0 Å². The summed E-state index contributed by atoms with van der Waals surface area (Å²) in [6.07, 6.45) is 0. The van der Waals surface area contributed by atoms with Crippen LogP contribution in [0.3, 0.4) is 0 Å². The molecule has 0 bridgehead atoms. The fourth-order valence-corrected chi connectivity index (χ4v) is 1.76. The van der Waals surface area contributed by atoms with Crippen LogP contribution < -0.4 is 14.2 Å². The molecule has 0 heterocycles. The summed E-state index contributed by atoms with van der Waals surface area (Å²) in [5.74, 6) is 1.76. The van der Waals surface area contributed by atoms with E-state index in [9.17, 15) is 4.39 Å². The van der Waals surface area contributed by atoms with E-state index >= 15 is 0 Å². The van der Waals surface area contributed by atoms with Crippen LogP contribution in [0.1, 0.15) is 5.56 Å². The highest BCUT2D eigenvalue weighted by Gasteiger charge is 2.03. The molecule has 0 saturated heterocycles. The van der Waals surface area contributed by atoms with Crippen molar-refractivity contribution in [3.8, 4) is 17.2 Å². The van der Waals surface area contributed by atoms with Gasteiger partial charge >= 0.3 is 0 Å². The summed E-state index contributed by atoms with van der Waals surface area (Å²) in [5.41, 5.74) is 0.563. The smallest absolute Gasteiger partial charge is 0.161 e. The van der Waals surface area contributed by atoms with Crippen LogP contribution in [0.25, 0.3) is 0 Å². The topological polar surface area (TPSA) is 27.7 Å². The Morgan fingerprint density at radius 1 is 0.950 bits per heavy atom. The average molecular weight is 276 g/mol. The lowest BCUT2D eigenvalue weighted by Crippen LogP contribution is -2.09. The lowest BCUT2D eigenvalue weighted by Gasteiger charge is -2.11. The monoisotopic (exact) mass is 276 g/mol. The molecule has 0 saturated carbocycles. The van der Waals surface area contributed by atoms with Crippen molar-refractivity contribution in [1.82, 2.24) is 0 Å². The molecule has 0 amide bonds. The van der Waals surface area contributed by atoms with Crippen molar-refractivity contribution in [2.75, 3.05) is 20.3 Å². The van der Waals surface area contributed by atoms with E-state index in [0.29, 0.717) is 36.0 Å². The first-order chi connectivity index (χ1) is 9.70. The second kappa shape index (κ2) is 6.80. The minimum absolute atomic E-state index is 0.234. The minimum atomic E-state index is -0.234. The minimum Gasteiger partial charge on any atom is -0.493 e. The Bertz CT molecular complexity index is 569. The van der Waals surface area contributed by atoms with Gasteiger partial charge in [0.1, 0.15) is 24.8 Å². The third-order valence-corrected chi connectivity index (χ3v) is 2.81. The number of halogens is 1. The van der Waals surface area contributed by atoms with Gasteiger partial charge < -0.3 is 14.2 Å². The molecule has 0 aromatic heterocycles. The zero-order valence-electron chi connectivity index (χ0n) is 11.6. The first-order valence-corrected chi connectivity index (χ1v) is 6.35. The predicted octanol–water partition coefficient (Wildman–Crippen LogP) is 3.60. The quantitative estimate of drug-likeness (QED) is 0.754. The standard InChI is InChI=1S/C16H17FO3/c1-12-11-13(7-8-14(12)17)19-9-10-20-16-6-4-3-5-15(16)18-2/h3-8,11H,9-10H2,1-2H3. The average Bonchev–Trinajstić information content (AvgIpc) is 2.47. The molecule has 0 unspecified atom stereocenters. The molecule has 0 fully saturated rings. The zero-order valence-corrected chi connectivity index (χ0v) is 11.6. The second-order valence-electron chi connectivity index (χ2n) is 4.26. The number of benzene rings is 2. The first-order valence-electron chi connectivity index (χ1n) is 6.35. The molecule has 106 valence electrons. The van der Waals surface area contributed by atoms with E-state index < -0.39 is 0 Å². The molecule has 0 aliphatic carbocycles. The summed E-state index contributed by atoms with van der Waals surface area (Å²) < 4.78 is 29.4. The SMILES string of the molecule is COc1ccccc1OCCOc1ccc(F)c(C)c1. The second-order valence-corrected chi connectivity index (χ2v) is 4.26. The summed E-state index contributed by atoms with van der Waals surface area (Å²) in [5, 5.41) is 0. The fourth-order valence-electron chi connectivity index (χ4n) is 1.76. The van der Waals surface area contributed by atoms with Gasteiger partial charge in [0.15, 0.2) is 11.5 Å². The summed E-state index contributed by atoms with van der Waals surface area (Å²) >= 11 is 0. The number of methoxy groups -OCH3 is 1. The van der Waals surface area contributed by atoms with E-state index in [1.807, 2.05) is 24.3 Å².